The van der Waals surface area contributed by atoms with Crippen molar-refractivity contribution in [1.29, 1.82) is 0 Å². The number of anilines is 1. The predicted molar refractivity (Wildman–Crippen MR) is 104 cm³/mol. The van der Waals surface area contributed by atoms with Gasteiger partial charge < -0.3 is 10.2 Å². The van der Waals surface area contributed by atoms with Gasteiger partial charge in [0.15, 0.2) is 0 Å². The molecule has 2 fully saturated rings. The van der Waals surface area contributed by atoms with Crippen LogP contribution in [0.15, 0.2) is 18.5 Å². The number of carbonyl (C=O) groups is 1. The van der Waals surface area contributed by atoms with Crippen LogP contribution in [0.2, 0.25) is 0 Å². The van der Waals surface area contributed by atoms with Gasteiger partial charge in [-0.05, 0) is 38.2 Å². The Labute approximate surface area is 161 Å². The van der Waals surface area contributed by atoms with Gasteiger partial charge in [0, 0.05) is 44.6 Å². The molecule has 0 spiro atoms. The monoisotopic (exact) mass is 395 g/mol. The minimum atomic E-state index is -3.24. The largest absolute Gasteiger partial charge is 0.353 e. The highest BCUT2D eigenvalue weighted by molar-refractivity contribution is 7.89. The second-order valence-electron chi connectivity index (χ2n) is 7.33. The highest BCUT2D eigenvalue weighted by Crippen LogP contribution is 2.21. The van der Waals surface area contributed by atoms with E-state index in [1.165, 1.54) is 4.31 Å². The van der Waals surface area contributed by atoms with Crippen molar-refractivity contribution in [2.75, 3.05) is 36.8 Å². The van der Waals surface area contributed by atoms with Crippen LogP contribution in [0.3, 0.4) is 0 Å². The van der Waals surface area contributed by atoms with Crippen molar-refractivity contribution in [3.8, 4) is 0 Å². The maximum absolute atomic E-state index is 12.7. The second kappa shape index (κ2) is 8.97. The van der Waals surface area contributed by atoms with Crippen LogP contribution < -0.4 is 10.2 Å². The maximum Gasteiger partial charge on any atom is 0.225 e. The summed E-state index contributed by atoms with van der Waals surface area (Å²) in [5.41, 5.74) is 0. The molecule has 0 bridgehead atoms. The molecule has 1 atom stereocenters. The van der Waals surface area contributed by atoms with Crippen molar-refractivity contribution >= 4 is 21.9 Å². The summed E-state index contributed by atoms with van der Waals surface area (Å²) in [6.45, 7) is 4.30. The Morgan fingerprint density at radius 1 is 1.19 bits per heavy atom. The van der Waals surface area contributed by atoms with Crippen LogP contribution in [0.5, 0.6) is 0 Å². The van der Waals surface area contributed by atoms with Crippen molar-refractivity contribution in [3.05, 3.63) is 18.5 Å². The first-order chi connectivity index (χ1) is 13.0. The molecule has 9 heteroatoms. The first-order valence-corrected chi connectivity index (χ1v) is 11.4. The van der Waals surface area contributed by atoms with E-state index in [1.807, 2.05) is 6.92 Å². The lowest BCUT2D eigenvalue weighted by molar-refractivity contribution is -0.126. The molecule has 8 nitrogen and oxygen atoms in total. The molecule has 1 unspecified atom stereocenters. The Kier molecular flexibility index (Phi) is 6.64. The molecule has 1 aromatic heterocycles. The number of hydrogen-bond acceptors (Lipinski definition) is 6. The number of amides is 1. The highest BCUT2D eigenvalue weighted by atomic mass is 32.2. The molecule has 1 N–H and O–H groups in total. The van der Waals surface area contributed by atoms with Crippen molar-refractivity contribution < 1.29 is 13.2 Å². The van der Waals surface area contributed by atoms with Gasteiger partial charge in [0.05, 0.1) is 11.7 Å². The molecular weight excluding hydrogens is 366 g/mol. The topological polar surface area (TPSA) is 95.5 Å². The zero-order chi connectivity index (χ0) is 19.3. The Morgan fingerprint density at radius 3 is 2.56 bits per heavy atom. The third-order valence-electron chi connectivity index (χ3n) is 5.29. The number of carbonyl (C=O) groups excluding carboxylic acids is 1. The molecule has 0 aliphatic carbocycles. The Morgan fingerprint density at radius 2 is 1.89 bits per heavy atom. The molecule has 150 valence electrons. The van der Waals surface area contributed by atoms with Crippen molar-refractivity contribution in [1.82, 2.24) is 19.6 Å². The molecule has 0 radical (unpaired) electrons. The van der Waals surface area contributed by atoms with Crippen LogP contribution in [0, 0.1) is 5.92 Å². The normalized spacial score (nSPS) is 22.6. The second-order valence-corrected chi connectivity index (χ2v) is 9.42. The maximum atomic E-state index is 12.7. The molecular formula is C18H29N5O3S. The van der Waals surface area contributed by atoms with E-state index < -0.39 is 10.0 Å². The van der Waals surface area contributed by atoms with Gasteiger partial charge in [-0.3, -0.25) is 4.79 Å². The van der Waals surface area contributed by atoms with Gasteiger partial charge in [0.2, 0.25) is 21.9 Å². The van der Waals surface area contributed by atoms with E-state index in [4.69, 9.17) is 0 Å². The summed E-state index contributed by atoms with van der Waals surface area (Å²) >= 11 is 0. The van der Waals surface area contributed by atoms with E-state index in [1.54, 1.807) is 18.5 Å². The molecule has 3 rings (SSSR count). The zero-order valence-corrected chi connectivity index (χ0v) is 16.7. The van der Waals surface area contributed by atoms with Gasteiger partial charge in [0.25, 0.3) is 0 Å². The van der Waals surface area contributed by atoms with E-state index in [9.17, 15) is 13.2 Å². The van der Waals surface area contributed by atoms with Gasteiger partial charge in [-0.15, -0.1) is 0 Å². The summed E-state index contributed by atoms with van der Waals surface area (Å²) in [6, 6.07) is 1.92. The number of rotatable bonds is 6. The van der Waals surface area contributed by atoms with Crippen LogP contribution in [0.4, 0.5) is 5.95 Å². The third kappa shape index (κ3) is 5.16. The zero-order valence-electron chi connectivity index (χ0n) is 15.9. The van der Waals surface area contributed by atoms with Gasteiger partial charge >= 0.3 is 0 Å². The predicted octanol–water partition coefficient (Wildman–Crippen LogP) is 1.01. The van der Waals surface area contributed by atoms with Gasteiger partial charge in [-0.25, -0.2) is 22.7 Å². The lowest BCUT2D eigenvalue weighted by Gasteiger charge is -2.35. The van der Waals surface area contributed by atoms with Crippen LogP contribution in [-0.4, -0.2) is 66.6 Å². The molecule has 0 saturated carbocycles. The number of hydrogen-bond donors (Lipinski definition) is 1. The molecule has 2 aliphatic heterocycles. The van der Waals surface area contributed by atoms with E-state index in [0.717, 1.165) is 44.7 Å². The molecule has 27 heavy (non-hydrogen) atoms. The van der Waals surface area contributed by atoms with Crippen LogP contribution >= 0.6 is 0 Å². The van der Waals surface area contributed by atoms with E-state index >= 15 is 0 Å². The highest BCUT2D eigenvalue weighted by Gasteiger charge is 2.33. The minimum absolute atomic E-state index is 0.0131. The van der Waals surface area contributed by atoms with Crippen molar-refractivity contribution in [2.24, 2.45) is 5.92 Å². The molecule has 3 heterocycles. The van der Waals surface area contributed by atoms with Gasteiger partial charge in [0.1, 0.15) is 0 Å². The van der Waals surface area contributed by atoms with Gasteiger partial charge in [-0.2, -0.15) is 0 Å². The summed E-state index contributed by atoms with van der Waals surface area (Å²) in [7, 11) is -3.24. The first-order valence-electron chi connectivity index (χ1n) is 9.79. The van der Waals surface area contributed by atoms with Crippen LogP contribution in [-0.2, 0) is 14.8 Å². The molecule has 1 aromatic rings. The fourth-order valence-corrected chi connectivity index (χ4v) is 5.38. The Hall–Kier alpha value is -1.74. The summed E-state index contributed by atoms with van der Waals surface area (Å²) < 4.78 is 26.1. The average Bonchev–Trinajstić information content (AvgIpc) is 2.69. The molecule has 2 aliphatic rings. The molecule has 1 amide bonds. The Bertz CT molecular complexity index is 720. The fourth-order valence-electron chi connectivity index (χ4n) is 3.79. The van der Waals surface area contributed by atoms with E-state index in [0.29, 0.717) is 19.5 Å². The fraction of sp³-hybridized carbons (Fsp3) is 0.722. The minimum Gasteiger partial charge on any atom is -0.353 e. The van der Waals surface area contributed by atoms with Crippen LogP contribution in [0.1, 0.15) is 39.0 Å². The quantitative estimate of drug-likeness (QED) is 0.772. The SMILES string of the molecule is CCCS(=O)(=O)N1CCCC(C(=O)NC2CCN(c3ncccn3)CC2)C1. The number of aromatic nitrogens is 2. The van der Waals surface area contributed by atoms with E-state index in [-0.39, 0.29) is 23.6 Å². The standard InChI is InChI=1S/C18H29N5O3S/c1-2-13-27(25,26)23-10-3-5-15(14-23)17(24)21-16-6-11-22(12-7-16)18-19-8-4-9-20-18/h4,8-9,15-16H,2-3,5-7,10-14H2,1H3,(H,21,24). The summed E-state index contributed by atoms with van der Waals surface area (Å²) in [5.74, 6) is 0.620. The first kappa shape index (κ1) is 20.0. The lowest BCUT2D eigenvalue weighted by Crippen LogP contribution is -2.50. The third-order valence-corrected chi connectivity index (χ3v) is 7.33. The Balaban J connectivity index is 1.49. The van der Waals surface area contributed by atoms with Crippen molar-refractivity contribution in [2.45, 2.75) is 45.1 Å². The number of piperidine rings is 2. The molecule has 2 saturated heterocycles. The average molecular weight is 396 g/mol. The van der Waals surface area contributed by atoms with Crippen LogP contribution in [0.25, 0.3) is 0 Å². The summed E-state index contributed by atoms with van der Waals surface area (Å²) in [4.78, 5) is 23.4. The smallest absolute Gasteiger partial charge is 0.225 e. The lowest BCUT2D eigenvalue weighted by atomic mass is 9.97. The van der Waals surface area contributed by atoms with E-state index in [2.05, 4.69) is 20.2 Å². The van der Waals surface area contributed by atoms with Gasteiger partial charge in [-0.1, -0.05) is 6.92 Å². The number of sulfonamides is 1. The summed E-state index contributed by atoms with van der Waals surface area (Å²) in [6.07, 6.45) is 7.24. The van der Waals surface area contributed by atoms with Crippen molar-refractivity contribution in [3.63, 3.8) is 0 Å². The summed E-state index contributed by atoms with van der Waals surface area (Å²) in [5, 5.41) is 3.14. The molecule has 0 aromatic carbocycles. The number of nitrogens with zero attached hydrogens (tertiary/aromatic N) is 4. The number of nitrogens with one attached hydrogen (secondary N) is 1.